The molecule has 4 atom stereocenters. The van der Waals surface area contributed by atoms with Crippen molar-refractivity contribution in [3.63, 3.8) is 0 Å². The standard InChI is InChI=1S/C15H24N6O7S/c16-8(3-22)12(24)21-11(5-29)14(26)19-9(1-7-2-17-6-18-7)13(25)20-10(4-23)15(27)28/h2,6,8-11,22-23,29H,1,3-5,16H2,(H,17,18)(H,19,26)(H,20,25)(H,21,24)(H,27,28). The van der Waals surface area contributed by atoms with E-state index in [1.807, 2.05) is 0 Å². The molecule has 0 aliphatic rings. The van der Waals surface area contributed by atoms with Gasteiger partial charge in [-0.15, -0.1) is 0 Å². The second-order valence-electron chi connectivity index (χ2n) is 5.96. The van der Waals surface area contributed by atoms with Gasteiger partial charge in [0.15, 0.2) is 0 Å². The topological polar surface area (TPSA) is 220 Å². The number of imidazole rings is 1. The highest BCUT2D eigenvalue weighted by Gasteiger charge is 2.30. The van der Waals surface area contributed by atoms with Crippen LogP contribution in [-0.2, 0) is 25.6 Å². The Morgan fingerprint density at radius 3 is 2.10 bits per heavy atom. The lowest BCUT2D eigenvalue weighted by atomic mass is 10.1. The highest BCUT2D eigenvalue weighted by molar-refractivity contribution is 7.80. The molecule has 0 aromatic carbocycles. The minimum absolute atomic E-state index is 0.0707. The first kappa shape index (κ1) is 24.4. The summed E-state index contributed by atoms with van der Waals surface area (Å²) in [6, 6.07) is -5.22. The first-order valence-electron chi connectivity index (χ1n) is 8.42. The van der Waals surface area contributed by atoms with Crippen LogP contribution in [0.15, 0.2) is 12.5 Å². The number of carboxylic acids is 1. The summed E-state index contributed by atoms with van der Waals surface area (Å²) in [4.78, 5) is 54.3. The van der Waals surface area contributed by atoms with Gasteiger partial charge in [0.2, 0.25) is 17.7 Å². The summed E-state index contributed by atoms with van der Waals surface area (Å²) < 4.78 is 0. The van der Waals surface area contributed by atoms with Crippen LogP contribution in [0.25, 0.3) is 0 Å². The van der Waals surface area contributed by atoms with E-state index in [0.717, 1.165) is 0 Å². The monoisotopic (exact) mass is 432 g/mol. The predicted molar refractivity (Wildman–Crippen MR) is 102 cm³/mol. The zero-order valence-electron chi connectivity index (χ0n) is 15.2. The number of thiol groups is 1. The number of H-pyrrole nitrogens is 1. The van der Waals surface area contributed by atoms with Gasteiger partial charge in [-0.2, -0.15) is 12.6 Å². The number of amides is 3. The normalized spacial score (nSPS) is 14.9. The van der Waals surface area contributed by atoms with Crippen LogP contribution in [0, 0.1) is 0 Å². The predicted octanol–water partition coefficient (Wildman–Crippen LogP) is -4.27. The Balaban J connectivity index is 2.91. The smallest absolute Gasteiger partial charge is 0.328 e. The lowest BCUT2D eigenvalue weighted by molar-refractivity contribution is -0.143. The molecule has 0 saturated carbocycles. The second-order valence-corrected chi connectivity index (χ2v) is 6.32. The van der Waals surface area contributed by atoms with Crippen molar-refractivity contribution in [2.45, 2.75) is 30.6 Å². The maximum Gasteiger partial charge on any atom is 0.328 e. The lowest BCUT2D eigenvalue weighted by Crippen LogP contribution is -2.58. The third-order valence-corrected chi connectivity index (χ3v) is 4.12. The van der Waals surface area contributed by atoms with E-state index in [0.29, 0.717) is 5.69 Å². The average Bonchev–Trinajstić information content (AvgIpc) is 3.21. The highest BCUT2D eigenvalue weighted by atomic mass is 32.1. The quantitative estimate of drug-likeness (QED) is 0.146. The molecule has 0 aliphatic heterocycles. The van der Waals surface area contributed by atoms with E-state index in [1.54, 1.807) is 0 Å². The van der Waals surface area contributed by atoms with E-state index in [2.05, 4.69) is 38.5 Å². The molecule has 13 nitrogen and oxygen atoms in total. The van der Waals surface area contributed by atoms with Crippen molar-refractivity contribution in [3.8, 4) is 0 Å². The fraction of sp³-hybridized carbons (Fsp3) is 0.533. The van der Waals surface area contributed by atoms with Crippen molar-refractivity contribution < 1.29 is 34.5 Å². The molecule has 0 fully saturated rings. The number of carboxylic acid groups (broad SMARTS) is 1. The number of aromatic amines is 1. The Morgan fingerprint density at radius 2 is 1.62 bits per heavy atom. The number of hydrogen-bond acceptors (Lipinski definition) is 9. The van der Waals surface area contributed by atoms with Gasteiger partial charge in [0.05, 0.1) is 19.5 Å². The summed E-state index contributed by atoms with van der Waals surface area (Å²) in [5.41, 5.74) is 5.85. The Labute approximate surface area is 170 Å². The zero-order valence-corrected chi connectivity index (χ0v) is 16.1. The molecule has 1 heterocycles. The summed E-state index contributed by atoms with van der Waals surface area (Å²) in [5, 5.41) is 33.8. The zero-order chi connectivity index (χ0) is 22.0. The van der Waals surface area contributed by atoms with Gasteiger partial charge in [-0.25, -0.2) is 9.78 Å². The van der Waals surface area contributed by atoms with Crippen LogP contribution in [0.2, 0.25) is 0 Å². The maximum absolute atomic E-state index is 12.5. The van der Waals surface area contributed by atoms with E-state index in [-0.39, 0.29) is 12.2 Å². The molecule has 0 radical (unpaired) electrons. The summed E-state index contributed by atoms with van der Waals surface area (Å²) in [7, 11) is 0. The van der Waals surface area contributed by atoms with Crippen LogP contribution >= 0.6 is 12.6 Å². The molecule has 0 aliphatic carbocycles. The van der Waals surface area contributed by atoms with Gasteiger partial charge in [0.25, 0.3) is 0 Å². The Kier molecular flexibility index (Phi) is 10.1. The van der Waals surface area contributed by atoms with Crippen LogP contribution in [0.3, 0.4) is 0 Å². The van der Waals surface area contributed by atoms with Gasteiger partial charge < -0.3 is 42.0 Å². The van der Waals surface area contributed by atoms with Crippen LogP contribution in [-0.4, -0.2) is 92.1 Å². The summed E-state index contributed by atoms with van der Waals surface area (Å²) in [6.45, 7) is -1.48. The van der Waals surface area contributed by atoms with Crippen LogP contribution in [0.4, 0.5) is 0 Å². The number of aliphatic hydroxyl groups excluding tert-OH is 2. The molecule has 3 amide bonds. The molecule has 14 heteroatoms. The van der Waals surface area contributed by atoms with Crippen molar-refractivity contribution in [2.24, 2.45) is 5.73 Å². The fourth-order valence-electron chi connectivity index (χ4n) is 2.11. The molecular formula is C15H24N6O7S. The van der Waals surface area contributed by atoms with E-state index >= 15 is 0 Å². The minimum Gasteiger partial charge on any atom is -0.480 e. The van der Waals surface area contributed by atoms with E-state index in [1.165, 1.54) is 12.5 Å². The molecule has 0 spiro atoms. The van der Waals surface area contributed by atoms with Crippen LogP contribution < -0.4 is 21.7 Å². The maximum atomic E-state index is 12.5. The fourth-order valence-corrected chi connectivity index (χ4v) is 2.37. The van der Waals surface area contributed by atoms with Crippen molar-refractivity contribution in [2.75, 3.05) is 19.0 Å². The molecule has 1 aromatic heterocycles. The first-order chi connectivity index (χ1) is 13.7. The Hall–Kier alpha value is -2.68. The van der Waals surface area contributed by atoms with Gasteiger partial charge >= 0.3 is 5.97 Å². The third-order valence-electron chi connectivity index (χ3n) is 3.76. The average molecular weight is 432 g/mol. The lowest BCUT2D eigenvalue weighted by Gasteiger charge is -2.23. The van der Waals surface area contributed by atoms with E-state index < -0.39 is 61.1 Å². The molecule has 29 heavy (non-hydrogen) atoms. The largest absolute Gasteiger partial charge is 0.480 e. The molecule has 162 valence electrons. The van der Waals surface area contributed by atoms with Crippen molar-refractivity contribution in [1.29, 1.82) is 0 Å². The Morgan fingerprint density at radius 1 is 1.03 bits per heavy atom. The molecule has 1 aromatic rings. The molecule has 4 unspecified atom stereocenters. The summed E-state index contributed by atoms with van der Waals surface area (Å²) >= 11 is 3.98. The number of hydrogen-bond donors (Lipinski definition) is 9. The third kappa shape index (κ3) is 7.69. The number of rotatable bonds is 12. The van der Waals surface area contributed by atoms with E-state index in [4.69, 9.17) is 21.1 Å². The number of aliphatic carboxylic acids is 1. The number of carbonyl (C=O) groups is 4. The molecule has 0 bridgehead atoms. The summed E-state index contributed by atoms with van der Waals surface area (Å²) in [6.07, 6.45) is 2.69. The molecule has 0 saturated heterocycles. The summed E-state index contributed by atoms with van der Waals surface area (Å²) in [5.74, 6) is -4.03. The SMILES string of the molecule is NC(CO)C(=O)NC(CS)C(=O)NC(Cc1cnc[nH]1)C(=O)NC(CO)C(=O)O. The highest BCUT2D eigenvalue weighted by Crippen LogP contribution is 2.02. The number of aromatic nitrogens is 2. The van der Waals surface area contributed by atoms with Crippen LogP contribution in [0.5, 0.6) is 0 Å². The minimum atomic E-state index is -1.56. The van der Waals surface area contributed by atoms with Crippen LogP contribution in [0.1, 0.15) is 5.69 Å². The van der Waals surface area contributed by atoms with Crippen molar-refractivity contribution >= 4 is 36.3 Å². The van der Waals surface area contributed by atoms with Gasteiger partial charge in [-0.1, -0.05) is 0 Å². The van der Waals surface area contributed by atoms with Gasteiger partial charge in [-0.3, -0.25) is 14.4 Å². The molecule has 1 rings (SSSR count). The van der Waals surface area contributed by atoms with Crippen molar-refractivity contribution in [3.05, 3.63) is 18.2 Å². The molecule has 9 N–H and O–H groups in total. The first-order valence-corrected chi connectivity index (χ1v) is 9.06. The van der Waals surface area contributed by atoms with Gasteiger partial charge in [0, 0.05) is 24.1 Å². The number of carbonyl (C=O) groups excluding carboxylic acids is 3. The second kappa shape index (κ2) is 12.0. The van der Waals surface area contributed by atoms with E-state index in [9.17, 15) is 19.2 Å². The number of nitrogens with one attached hydrogen (secondary N) is 4. The van der Waals surface area contributed by atoms with Gasteiger partial charge in [-0.05, 0) is 0 Å². The molecular weight excluding hydrogens is 408 g/mol. The number of nitrogens with two attached hydrogens (primary N) is 1. The Bertz CT molecular complexity index is 701. The van der Waals surface area contributed by atoms with Crippen molar-refractivity contribution in [1.82, 2.24) is 25.9 Å². The van der Waals surface area contributed by atoms with Gasteiger partial charge in [0.1, 0.15) is 24.2 Å². The number of aliphatic hydroxyl groups is 2. The number of nitrogens with zero attached hydrogens (tertiary/aromatic N) is 1.